The van der Waals surface area contributed by atoms with Gasteiger partial charge in [0.1, 0.15) is 11.4 Å². The van der Waals surface area contributed by atoms with Crippen LogP contribution in [-0.2, 0) is 14.3 Å². The molecule has 0 saturated heterocycles. The number of ketones is 1. The summed E-state index contributed by atoms with van der Waals surface area (Å²) in [6.45, 7) is 2.10. The van der Waals surface area contributed by atoms with Gasteiger partial charge in [-0.1, -0.05) is 12.2 Å². The van der Waals surface area contributed by atoms with E-state index in [0.29, 0.717) is 12.3 Å². The summed E-state index contributed by atoms with van der Waals surface area (Å²) in [5, 5.41) is 0. The first-order valence-electron chi connectivity index (χ1n) is 7.52. The van der Waals surface area contributed by atoms with Gasteiger partial charge in [-0.3, -0.25) is 9.59 Å². The van der Waals surface area contributed by atoms with Crippen molar-refractivity contribution >= 4 is 11.8 Å². The molecule has 0 spiro atoms. The zero-order valence-corrected chi connectivity index (χ0v) is 11.3. The molecule has 19 heavy (non-hydrogen) atoms. The molecule has 0 heterocycles. The maximum Gasteiger partial charge on any atom is 0.310 e. The SMILES string of the molecule is CC1(OC(=O)C2CC3C=CC2C3=O)CC2CCC1C2. The Balaban J connectivity index is 1.48. The number of rotatable bonds is 2. The lowest BCUT2D eigenvalue weighted by molar-refractivity contribution is -0.169. The number of ether oxygens (including phenoxy) is 1. The van der Waals surface area contributed by atoms with Gasteiger partial charge in [-0.2, -0.15) is 0 Å². The molecule has 102 valence electrons. The first-order valence-corrected chi connectivity index (χ1v) is 7.52. The molecular formula is C16H20O3. The highest BCUT2D eigenvalue weighted by Crippen LogP contribution is 2.53. The van der Waals surface area contributed by atoms with Gasteiger partial charge >= 0.3 is 5.97 Å². The smallest absolute Gasteiger partial charge is 0.310 e. The highest BCUT2D eigenvalue weighted by Gasteiger charge is 2.53. The van der Waals surface area contributed by atoms with E-state index in [1.807, 2.05) is 12.2 Å². The first kappa shape index (κ1) is 11.7. The lowest BCUT2D eigenvalue weighted by atomic mass is 9.85. The van der Waals surface area contributed by atoms with Gasteiger partial charge in [0.25, 0.3) is 0 Å². The molecule has 4 aliphatic carbocycles. The second-order valence-corrected chi connectivity index (χ2v) is 7.08. The van der Waals surface area contributed by atoms with Crippen LogP contribution in [0.1, 0.15) is 39.0 Å². The summed E-state index contributed by atoms with van der Waals surface area (Å²) in [5.74, 6) is 0.976. The third-order valence-corrected chi connectivity index (χ3v) is 5.92. The molecule has 3 saturated carbocycles. The van der Waals surface area contributed by atoms with Crippen LogP contribution in [-0.4, -0.2) is 17.4 Å². The van der Waals surface area contributed by atoms with Crippen molar-refractivity contribution in [3.63, 3.8) is 0 Å². The molecular weight excluding hydrogens is 240 g/mol. The molecule has 4 aliphatic rings. The van der Waals surface area contributed by atoms with Crippen LogP contribution in [0.25, 0.3) is 0 Å². The maximum atomic E-state index is 12.4. The number of hydrogen-bond donors (Lipinski definition) is 0. The number of esters is 1. The minimum Gasteiger partial charge on any atom is -0.459 e. The van der Waals surface area contributed by atoms with Crippen molar-refractivity contribution in [3.05, 3.63) is 12.2 Å². The summed E-state index contributed by atoms with van der Waals surface area (Å²) < 4.78 is 5.89. The van der Waals surface area contributed by atoms with E-state index in [9.17, 15) is 9.59 Å². The molecule has 0 aromatic heterocycles. The standard InChI is InChI=1S/C16H20O3/c1-16(8-9-2-4-11(16)6-9)19-15(18)13-7-10-3-5-12(13)14(10)17/h3,5,9-13H,2,4,6-8H2,1H3. The van der Waals surface area contributed by atoms with Crippen molar-refractivity contribution in [2.24, 2.45) is 29.6 Å². The van der Waals surface area contributed by atoms with Crippen LogP contribution in [0, 0.1) is 29.6 Å². The van der Waals surface area contributed by atoms with Gasteiger partial charge < -0.3 is 4.74 Å². The number of carbonyl (C=O) groups excluding carboxylic acids is 2. The zero-order valence-electron chi connectivity index (χ0n) is 11.3. The molecule has 4 rings (SSSR count). The molecule has 6 unspecified atom stereocenters. The van der Waals surface area contributed by atoms with Crippen LogP contribution in [0.5, 0.6) is 0 Å². The molecule has 0 N–H and O–H groups in total. The Kier molecular flexibility index (Phi) is 2.28. The Labute approximate surface area is 113 Å². The second kappa shape index (κ2) is 3.71. The van der Waals surface area contributed by atoms with E-state index in [-0.39, 0.29) is 35.1 Å². The van der Waals surface area contributed by atoms with Gasteiger partial charge in [0.15, 0.2) is 0 Å². The topological polar surface area (TPSA) is 43.4 Å². The Morgan fingerprint density at radius 3 is 2.68 bits per heavy atom. The molecule has 4 bridgehead atoms. The van der Waals surface area contributed by atoms with E-state index in [4.69, 9.17) is 4.74 Å². The normalized spacial score (nSPS) is 50.2. The summed E-state index contributed by atoms with van der Waals surface area (Å²) in [4.78, 5) is 24.3. The van der Waals surface area contributed by atoms with Crippen LogP contribution >= 0.6 is 0 Å². The van der Waals surface area contributed by atoms with Crippen molar-refractivity contribution < 1.29 is 14.3 Å². The monoisotopic (exact) mass is 260 g/mol. The van der Waals surface area contributed by atoms with Gasteiger partial charge in [-0.05, 0) is 50.9 Å². The summed E-state index contributed by atoms with van der Waals surface area (Å²) in [5.41, 5.74) is -0.255. The van der Waals surface area contributed by atoms with Crippen LogP contribution in [0.4, 0.5) is 0 Å². The van der Waals surface area contributed by atoms with Gasteiger partial charge in [-0.15, -0.1) is 0 Å². The molecule has 0 aromatic rings. The van der Waals surface area contributed by atoms with Gasteiger partial charge in [0.2, 0.25) is 0 Å². The third-order valence-electron chi connectivity index (χ3n) is 5.92. The number of hydrogen-bond acceptors (Lipinski definition) is 3. The largest absolute Gasteiger partial charge is 0.459 e. The average molecular weight is 260 g/mol. The van der Waals surface area contributed by atoms with Crippen molar-refractivity contribution in [2.75, 3.05) is 0 Å². The van der Waals surface area contributed by atoms with E-state index < -0.39 is 0 Å². The highest BCUT2D eigenvalue weighted by atomic mass is 16.6. The van der Waals surface area contributed by atoms with Crippen molar-refractivity contribution in [1.29, 1.82) is 0 Å². The lowest BCUT2D eigenvalue weighted by Crippen LogP contribution is -2.40. The van der Waals surface area contributed by atoms with E-state index in [0.717, 1.165) is 12.3 Å². The third kappa shape index (κ3) is 1.56. The van der Waals surface area contributed by atoms with Crippen molar-refractivity contribution in [2.45, 2.75) is 44.6 Å². The molecule has 0 radical (unpaired) electrons. The lowest BCUT2D eigenvalue weighted by Gasteiger charge is -2.35. The van der Waals surface area contributed by atoms with E-state index >= 15 is 0 Å². The summed E-state index contributed by atoms with van der Waals surface area (Å²) >= 11 is 0. The molecule has 6 atom stereocenters. The Hall–Kier alpha value is -1.12. The van der Waals surface area contributed by atoms with E-state index in [1.54, 1.807) is 0 Å². The van der Waals surface area contributed by atoms with Gasteiger partial charge in [-0.25, -0.2) is 0 Å². The van der Waals surface area contributed by atoms with Gasteiger partial charge in [0, 0.05) is 11.8 Å². The molecule has 0 aliphatic heterocycles. The van der Waals surface area contributed by atoms with E-state index in [2.05, 4.69) is 6.92 Å². The van der Waals surface area contributed by atoms with Crippen LogP contribution in [0.15, 0.2) is 12.2 Å². The van der Waals surface area contributed by atoms with Gasteiger partial charge in [0.05, 0.1) is 5.92 Å². The summed E-state index contributed by atoms with van der Waals surface area (Å²) in [6.07, 6.45) is 9.27. The highest BCUT2D eigenvalue weighted by molar-refractivity contribution is 5.96. The second-order valence-electron chi connectivity index (χ2n) is 7.08. The molecule has 3 nitrogen and oxygen atoms in total. The molecule has 3 fully saturated rings. The fourth-order valence-corrected chi connectivity index (χ4v) is 4.87. The van der Waals surface area contributed by atoms with Crippen molar-refractivity contribution in [3.8, 4) is 0 Å². The molecule has 0 aromatic carbocycles. The quantitative estimate of drug-likeness (QED) is 0.566. The maximum absolute atomic E-state index is 12.4. The molecule has 3 heteroatoms. The minimum absolute atomic E-state index is 0.0182. The Morgan fingerprint density at radius 1 is 1.32 bits per heavy atom. The minimum atomic E-state index is -0.255. The molecule has 0 amide bonds. The summed E-state index contributed by atoms with van der Waals surface area (Å²) in [6, 6.07) is 0. The average Bonchev–Trinajstić information content (AvgIpc) is 3.10. The fraction of sp³-hybridized carbons (Fsp3) is 0.750. The van der Waals surface area contributed by atoms with Crippen LogP contribution < -0.4 is 0 Å². The summed E-state index contributed by atoms with van der Waals surface area (Å²) in [7, 11) is 0. The number of fused-ring (bicyclic) bond motifs is 4. The first-order chi connectivity index (χ1) is 9.07. The van der Waals surface area contributed by atoms with E-state index in [1.165, 1.54) is 19.3 Å². The zero-order chi connectivity index (χ0) is 13.2. The predicted molar refractivity (Wildman–Crippen MR) is 69.2 cm³/mol. The Bertz CT molecular complexity index is 480. The van der Waals surface area contributed by atoms with Crippen LogP contribution in [0.3, 0.4) is 0 Å². The van der Waals surface area contributed by atoms with Crippen molar-refractivity contribution in [1.82, 2.24) is 0 Å². The van der Waals surface area contributed by atoms with Crippen LogP contribution in [0.2, 0.25) is 0 Å². The number of allylic oxidation sites excluding steroid dienone is 2. The fourth-order valence-electron chi connectivity index (χ4n) is 4.87. The Morgan fingerprint density at radius 2 is 2.16 bits per heavy atom. The number of carbonyl (C=O) groups is 2. The number of Topliss-reactive ketones (excluding diaryl/α,β-unsaturated/α-hetero) is 1. The predicted octanol–water partition coefficient (Wildman–Crippen LogP) is 2.50.